The molecule has 2 heteroatoms. The predicted octanol–water partition coefficient (Wildman–Crippen LogP) is 5.69. The number of nitrogens with zero attached hydrogens (tertiary/aromatic N) is 1. The van der Waals surface area contributed by atoms with Gasteiger partial charge in [-0.2, -0.15) is 0 Å². The van der Waals surface area contributed by atoms with Crippen LogP contribution in [0.3, 0.4) is 0 Å². The molecule has 0 aromatic heterocycles. The van der Waals surface area contributed by atoms with Crippen LogP contribution in [0.1, 0.15) is 52.4 Å². The molecule has 2 aromatic carbocycles. The van der Waals surface area contributed by atoms with E-state index in [-0.39, 0.29) is 16.4 Å². The number of aliphatic hydroxyl groups is 1. The van der Waals surface area contributed by atoms with Crippen LogP contribution in [-0.4, -0.2) is 16.2 Å². The standard InChI is InChI=1S/C24H29NO/c1-21-13-22(2)15-23(14-21,18-24(26,16-21)17-22)25(19-9-5-3-6-10-19)20-11-7-4-8-12-20/h3-12,26H,13-18H2,1-2H3. The van der Waals surface area contributed by atoms with Gasteiger partial charge in [0.05, 0.1) is 5.60 Å². The van der Waals surface area contributed by atoms with Crippen LogP contribution in [-0.2, 0) is 0 Å². The van der Waals surface area contributed by atoms with E-state index in [1.165, 1.54) is 30.6 Å². The Morgan fingerprint density at radius 3 is 1.54 bits per heavy atom. The molecule has 0 radical (unpaired) electrons. The summed E-state index contributed by atoms with van der Waals surface area (Å²) >= 11 is 0. The zero-order valence-corrected chi connectivity index (χ0v) is 15.9. The van der Waals surface area contributed by atoms with Gasteiger partial charge in [-0.3, -0.25) is 0 Å². The molecule has 2 nitrogen and oxygen atoms in total. The van der Waals surface area contributed by atoms with Crippen molar-refractivity contribution in [1.82, 2.24) is 0 Å². The molecule has 4 bridgehead atoms. The number of hydrogen-bond acceptors (Lipinski definition) is 2. The minimum Gasteiger partial charge on any atom is -0.390 e. The Hall–Kier alpha value is -1.80. The van der Waals surface area contributed by atoms with Gasteiger partial charge in [-0.1, -0.05) is 50.2 Å². The molecular weight excluding hydrogens is 318 g/mol. The van der Waals surface area contributed by atoms with Gasteiger partial charge in [-0.25, -0.2) is 0 Å². The number of rotatable bonds is 3. The van der Waals surface area contributed by atoms with E-state index >= 15 is 0 Å². The Labute approximate surface area is 156 Å². The van der Waals surface area contributed by atoms with E-state index in [0.29, 0.717) is 0 Å². The van der Waals surface area contributed by atoms with Gasteiger partial charge in [0.2, 0.25) is 0 Å². The van der Waals surface area contributed by atoms with Crippen molar-refractivity contribution < 1.29 is 5.11 Å². The molecule has 4 fully saturated rings. The largest absolute Gasteiger partial charge is 0.390 e. The summed E-state index contributed by atoms with van der Waals surface area (Å²) in [5, 5.41) is 11.5. The van der Waals surface area contributed by atoms with E-state index < -0.39 is 5.60 Å². The Kier molecular flexibility index (Phi) is 3.23. The van der Waals surface area contributed by atoms with Gasteiger partial charge in [0.1, 0.15) is 0 Å². The second-order valence-corrected chi connectivity index (χ2v) is 10.1. The summed E-state index contributed by atoms with van der Waals surface area (Å²) in [5.74, 6) is 0. The van der Waals surface area contributed by atoms with Gasteiger partial charge in [0.15, 0.2) is 0 Å². The summed E-state index contributed by atoms with van der Waals surface area (Å²) in [7, 11) is 0. The fourth-order valence-electron chi connectivity index (χ4n) is 7.66. The van der Waals surface area contributed by atoms with Crippen LogP contribution in [0.2, 0.25) is 0 Å². The average molecular weight is 348 g/mol. The Morgan fingerprint density at radius 1 is 0.654 bits per heavy atom. The lowest BCUT2D eigenvalue weighted by molar-refractivity contribution is -0.196. The maximum Gasteiger partial charge on any atom is 0.0680 e. The third-order valence-corrected chi connectivity index (χ3v) is 7.04. The van der Waals surface area contributed by atoms with Crippen LogP contribution >= 0.6 is 0 Å². The molecule has 0 heterocycles. The predicted molar refractivity (Wildman–Crippen MR) is 107 cm³/mol. The first-order valence-electron chi connectivity index (χ1n) is 9.96. The van der Waals surface area contributed by atoms with Gasteiger partial charge in [0, 0.05) is 16.9 Å². The van der Waals surface area contributed by atoms with E-state index in [4.69, 9.17) is 0 Å². The summed E-state index contributed by atoms with van der Waals surface area (Å²) in [6, 6.07) is 21.6. The SMILES string of the molecule is CC12CC3(C)CC(O)(C1)CC(N(c1ccccc1)c1ccccc1)(C2)C3. The van der Waals surface area contributed by atoms with E-state index in [2.05, 4.69) is 79.4 Å². The molecule has 4 saturated carbocycles. The van der Waals surface area contributed by atoms with Crippen LogP contribution in [0.4, 0.5) is 11.4 Å². The second-order valence-electron chi connectivity index (χ2n) is 10.1. The fraction of sp³-hybridized carbons (Fsp3) is 0.500. The Morgan fingerprint density at radius 2 is 1.12 bits per heavy atom. The molecule has 0 amide bonds. The van der Waals surface area contributed by atoms with E-state index in [1.807, 2.05) is 0 Å². The molecule has 0 aliphatic heterocycles. The molecule has 2 unspecified atom stereocenters. The quantitative estimate of drug-likeness (QED) is 0.771. The fourth-order valence-corrected chi connectivity index (χ4v) is 7.66. The number of hydrogen-bond donors (Lipinski definition) is 1. The van der Waals surface area contributed by atoms with Crippen molar-refractivity contribution >= 4 is 11.4 Å². The van der Waals surface area contributed by atoms with Crippen LogP contribution in [0.5, 0.6) is 0 Å². The maximum atomic E-state index is 11.5. The van der Waals surface area contributed by atoms with Gasteiger partial charge >= 0.3 is 0 Å². The zero-order valence-electron chi connectivity index (χ0n) is 15.9. The molecule has 0 saturated heterocycles. The van der Waals surface area contributed by atoms with Crippen molar-refractivity contribution in [2.24, 2.45) is 10.8 Å². The number of benzene rings is 2. The highest BCUT2D eigenvalue weighted by Crippen LogP contribution is 2.69. The number of para-hydroxylation sites is 2. The van der Waals surface area contributed by atoms with Crippen molar-refractivity contribution in [3.8, 4) is 0 Å². The summed E-state index contributed by atoms with van der Waals surface area (Å²) in [5.41, 5.74) is 2.45. The first-order chi connectivity index (χ1) is 12.3. The zero-order chi connectivity index (χ0) is 18.0. The van der Waals surface area contributed by atoms with Crippen LogP contribution in [0, 0.1) is 10.8 Å². The van der Waals surface area contributed by atoms with E-state index in [0.717, 1.165) is 19.3 Å². The van der Waals surface area contributed by atoms with Gasteiger partial charge < -0.3 is 10.0 Å². The highest BCUT2D eigenvalue weighted by atomic mass is 16.3. The molecule has 2 atom stereocenters. The summed E-state index contributed by atoms with van der Waals surface area (Å²) in [4.78, 5) is 2.56. The van der Waals surface area contributed by atoms with Crippen molar-refractivity contribution in [2.75, 3.05) is 4.90 Å². The first kappa shape index (κ1) is 16.4. The topological polar surface area (TPSA) is 23.5 Å². The number of anilines is 2. The van der Waals surface area contributed by atoms with Crippen molar-refractivity contribution in [3.63, 3.8) is 0 Å². The molecular formula is C24H29NO. The minimum atomic E-state index is -0.514. The van der Waals surface area contributed by atoms with Gasteiger partial charge in [-0.05, 0) is 73.6 Å². The highest BCUT2D eigenvalue weighted by Gasteiger charge is 2.67. The Bertz CT molecular complexity index is 722. The monoisotopic (exact) mass is 347 g/mol. The molecule has 2 aromatic rings. The third kappa shape index (κ3) is 2.42. The van der Waals surface area contributed by atoms with Crippen LogP contribution in [0.15, 0.2) is 60.7 Å². The van der Waals surface area contributed by atoms with Gasteiger partial charge in [-0.15, -0.1) is 0 Å². The third-order valence-electron chi connectivity index (χ3n) is 7.04. The van der Waals surface area contributed by atoms with Crippen molar-refractivity contribution in [1.29, 1.82) is 0 Å². The molecule has 136 valence electrons. The molecule has 4 aliphatic rings. The van der Waals surface area contributed by atoms with Crippen molar-refractivity contribution in [2.45, 2.75) is 63.5 Å². The van der Waals surface area contributed by atoms with Crippen LogP contribution < -0.4 is 4.90 Å². The maximum absolute atomic E-state index is 11.5. The Balaban J connectivity index is 1.69. The first-order valence-corrected chi connectivity index (χ1v) is 9.96. The van der Waals surface area contributed by atoms with E-state index in [1.54, 1.807) is 0 Å². The molecule has 0 spiro atoms. The average Bonchev–Trinajstić information content (AvgIpc) is 2.52. The molecule has 1 N–H and O–H groups in total. The summed E-state index contributed by atoms with van der Waals surface area (Å²) < 4.78 is 0. The molecule has 26 heavy (non-hydrogen) atoms. The molecule has 4 aliphatic carbocycles. The second kappa shape index (κ2) is 5.13. The van der Waals surface area contributed by atoms with Crippen molar-refractivity contribution in [3.05, 3.63) is 60.7 Å². The lowest BCUT2D eigenvalue weighted by Crippen LogP contribution is -2.70. The summed E-state index contributed by atoms with van der Waals surface area (Å²) in [6.45, 7) is 4.83. The highest BCUT2D eigenvalue weighted by molar-refractivity contribution is 5.66. The minimum absolute atomic E-state index is 0.00426. The smallest absolute Gasteiger partial charge is 0.0680 e. The normalized spacial score (nSPS) is 40.6. The summed E-state index contributed by atoms with van der Waals surface area (Å²) in [6.07, 6.45) is 6.41. The van der Waals surface area contributed by atoms with E-state index in [9.17, 15) is 5.11 Å². The van der Waals surface area contributed by atoms with Crippen LogP contribution in [0.25, 0.3) is 0 Å². The van der Waals surface area contributed by atoms with Gasteiger partial charge in [0.25, 0.3) is 0 Å². The lowest BCUT2D eigenvalue weighted by Gasteiger charge is -2.70. The lowest BCUT2D eigenvalue weighted by atomic mass is 9.41. The molecule has 6 rings (SSSR count).